The number of nitrogens with zero attached hydrogens (tertiary/aromatic N) is 1. The van der Waals surface area contributed by atoms with E-state index < -0.39 is 0 Å². The van der Waals surface area contributed by atoms with Gasteiger partial charge in [0.05, 0.1) is 6.20 Å². The Kier molecular flexibility index (Phi) is 5.32. The molecule has 1 saturated carbocycles. The minimum atomic E-state index is -0.172. The topological polar surface area (TPSA) is 24.9 Å². The predicted molar refractivity (Wildman–Crippen MR) is 76.4 cm³/mol. The average molecular weight is 264 g/mol. The molecule has 0 aliphatic heterocycles. The number of hydrogen-bond donors (Lipinski definition) is 1. The molecule has 0 bridgehead atoms. The van der Waals surface area contributed by atoms with Gasteiger partial charge in [0.2, 0.25) is 0 Å². The normalized spacial score (nSPS) is 25.2. The van der Waals surface area contributed by atoms with Crippen LogP contribution in [0.4, 0.5) is 4.39 Å². The molecule has 1 aromatic heterocycles. The molecule has 2 nitrogen and oxygen atoms in total. The van der Waals surface area contributed by atoms with E-state index in [0.717, 1.165) is 24.4 Å². The first-order valence-electron chi connectivity index (χ1n) is 7.55. The highest BCUT2D eigenvalue weighted by molar-refractivity contribution is 5.18. The highest BCUT2D eigenvalue weighted by Crippen LogP contribution is 2.37. The Labute approximate surface area is 115 Å². The van der Waals surface area contributed by atoms with Crippen LogP contribution in [0, 0.1) is 17.7 Å². The fourth-order valence-corrected chi connectivity index (χ4v) is 3.25. The van der Waals surface area contributed by atoms with Gasteiger partial charge < -0.3 is 5.32 Å². The van der Waals surface area contributed by atoms with Crippen LogP contribution >= 0.6 is 0 Å². The van der Waals surface area contributed by atoms with Gasteiger partial charge in [-0.25, -0.2) is 4.39 Å². The van der Waals surface area contributed by atoms with Crippen LogP contribution in [0.15, 0.2) is 18.5 Å². The van der Waals surface area contributed by atoms with Crippen molar-refractivity contribution >= 4 is 0 Å². The van der Waals surface area contributed by atoms with Gasteiger partial charge in [-0.05, 0) is 43.7 Å². The molecule has 3 heteroatoms. The second-order valence-electron chi connectivity index (χ2n) is 5.86. The van der Waals surface area contributed by atoms with Gasteiger partial charge in [0, 0.05) is 17.8 Å². The number of aromatic nitrogens is 1. The van der Waals surface area contributed by atoms with Crippen LogP contribution in [-0.4, -0.2) is 11.5 Å². The fraction of sp³-hybridized carbons (Fsp3) is 0.688. The molecule has 2 rings (SSSR count). The SMILES string of the molecule is CCCNC(c1ccncc1F)C1CCCC(C)C1. The molecule has 19 heavy (non-hydrogen) atoms. The average Bonchev–Trinajstić information content (AvgIpc) is 2.41. The zero-order chi connectivity index (χ0) is 13.7. The summed E-state index contributed by atoms with van der Waals surface area (Å²) in [6, 6.07) is 1.98. The van der Waals surface area contributed by atoms with Gasteiger partial charge in [0.25, 0.3) is 0 Å². The number of halogens is 1. The smallest absolute Gasteiger partial charge is 0.146 e. The molecule has 1 fully saturated rings. The predicted octanol–water partition coefficient (Wildman–Crippen LogP) is 4.09. The van der Waals surface area contributed by atoms with Crippen molar-refractivity contribution in [2.24, 2.45) is 11.8 Å². The lowest BCUT2D eigenvalue weighted by Gasteiger charge is -2.34. The van der Waals surface area contributed by atoms with Gasteiger partial charge in [0.15, 0.2) is 0 Å². The summed E-state index contributed by atoms with van der Waals surface area (Å²) in [6.07, 6.45) is 9.09. The summed E-state index contributed by atoms with van der Waals surface area (Å²) in [7, 11) is 0. The van der Waals surface area contributed by atoms with E-state index in [1.165, 1.54) is 31.9 Å². The summed E-state index contributed by atoms with van der Waals surface area (Å²) in [5.41, 5.74) is 0.794. The third-order valence-electron chi connectivity index (χ3n) is 4.20. The maximum atomic E-state index is 14.0. The first-order chi connectivity index (χ1) is 9.22. The Morgan fingerprint density at radius 2 is 2.32 bits per heavy atom. The lowest BCUT2D eigenvalue weighted by Crippen LogP contribution is -2.32. The Hall–Kier alpha value is -0.960. The Balaban J connectivity index is 2.17. The number of rotatable bonds is 5. The summed E-state index contributed by atoms with van der Waals surface area (Å²) in [5.74, 6) is 1.14. The molecule has 1 aliphatic rings. The lowest BCUT2D eigenvalue weighted by atomic mass is 9.76. The van der Waals surface area contributed by atoms with Crippen molar-refractivity contribution in [2.75, 3.05) is 6.54 Å². The van der Waals surface area contributed by atoms with Crippen molar-refractivity contribution in [3.63, 3.8) is 0 Å². The molecular formula is C16H25FN2. The molecule has 0 spiro atoms. The minimum Gasteiger partial charge on any atom is -0.310 e. The third kappa shape index (κ3) is 3.75. The summed E-state index contributed by atoms with van der Waals surface area (Å²) in [4.78, 5) is 3.86. The van der Waals surface area contributed by atoms with Crippen LogP contribution in [0.5, 0.6) is 0 Å². The van der Waals surface area contributed by atoms with Crippen LogP contribution < -0.4 is 5.32 Å². The lowest BCUT2D eigenvalue weighted by molar-refractivity contribution is 0.220. The number of hydrogen-bond acceptors (Lipinski definition) is 2. The molecule has 1 N–H and O–H groups in total. The summed E-state index contributed by atoms with van der Waals surface area (Å²) >= 11 is 0. The first-order valence-corrected chi connectivity index (χ1v) is 7.55. The molecule has 1 aliphatic carbocycles. The zero-order valence-electron chi connectivity index (χ0n) is 12.0. The number of pyridine rings is 1. The highest BCUT2D eigenvalue weighted by atomic mass is 19.1. The van der Waals surface area contributed by atoms with Gasteiger partial charge in [0.1, 0.15) is 5.82 Å². The highest BCUT2D eigenvalue weighted by Gasteiger charge is 2.28. The van der Waals surface area contributed by atoms with Gasteiger partial charge in [-0.15, -0.1) is 0 Å². The first kappa shape index (κ1) is 14.4. The molecule has 3 atom stereocenters. The Morgan fingerprint density at radius 1 is 1.47 bits per heavy atom. The van der Waals surface area contributed by atoms with E-state index in [0.29, 0.717) is 5.92 Å². The Morgan fingerprint density at radius 3 is 3.00 bits per heavy atom. The molecule has 3 unspecified atom stereocenters. The Bertz CT molecular complexity index is 394. The second kappa shape index (κ2) is 6.99. The van der Waals surface area contributed by atoms with Crippen molar-refractivity contribution in [1.82, 2.24) is 10.3 Å². The van der Waals surface area contributed by atoms with Crippen LogP contribution in [0.25, 0.3) is 0 Å². The van der Waals surface area contributed by atoms with Crippen LogP contribution in [-0.2, 0) is 0 Å². The van der Waals surface area contributed by atoms with Crippen molar-refractivity contribution < 1.29 is 4.39 Å². The summed E-state index contributed by atoms with van der Waals surface area (Å²) in [6.45, 7) is 5.40. The molecular weight excluding hydrogens is 239 g/mol. The quantitative estimate of drug-likeness (QED) is 0.866. The maximum absolute atomic E-state index is 14.0. The number of nitrogens with one attached hydrogen (secondary N) is 1. The molecule has 1 aromatic rings. The summed E-state index contributed by atoms with van der Waals surface area (Å²) < 4.78 is 14.0. The van der Waals surface area contributed by atoms with E-state index >= 15 is 0 Å². The van der Waals surface area contributed by atoms with E-state index in [2.05, 4.69) is 24.1 Å². The van der Waals surface area contributed by atoms with Crippen LogP contribution in [0.3, 0.4) is 0 Å². The largest absolute Gasteiger partial charge is 0.310 e. The molecule has 0 radical (unpaired) electrons. The van der Waals surface area contributed by atoms with Crippen molar-refractivity contribution in [3.05, 3.63) is 29.8 Å². The van der Waals surface area contributed by atoms with E-state index in [4.69, 9.17) is 0 Å². The van der Waals surface area contributed by atoms with Gasteiger partial charge in [-0.3, -0.25) is 4.98 Å². The molecule has 0 aromatic carbocycles. The molecule has 1 heterocycles. The zero-order valence-corrected chi connectivity index (χ0v) is 12.0. The molecule has 0 amide bonds. The summed E-state index contributed by atoms with van der Waals surface area (Å²) in [5, 5.41) is 3.55. The van der Waals surface area contributed by atoms with Gasteiger partial charge >= 0.3 is 0 Å². The maximum Gasteiger partial charge on any atom is 0.146 e. The molecule has 106 valence electrons. The van der Waals surface area contributed by atoms with Gasteiger partial charge in [-0.2, -0.15) is 0 Å². The molecule has 0 saturated heterocycles. The standard InChI is InChI=1S/C16H25FN2/c1-3-8-19-16(13-6-4-5-12(2)10-13)14-7-9-18-11-15(14)17/h7,9,11-13,16,19H,3-6,8,10H2,1-2H3. The van der Waals surface area contributed by atoms with E-state index in [1.807, 2.05) is 6.07 Å². The van der Waals surface area contributed by atoms with Crippen molar-refractivity contribution in [3.8, 4) is 0 Å². The van der Waals surface area contributed by atoms with Crippen molar-refractivity contribution in [2.45, 2.75) is 52.0 Å². The van der Waals surface area contributed by atoms with Crippen LogP contribution in [0.2, 0.25) is 0 Å². The van der Waals surface area contributed by atoms with Crippen LogP contribution in [0.1, 0.15) is 57.6 Å². The van der Waals surface area contributed by atoms with E-state index in [1.54, 1.807) is 6.20 Å². The minimum absolute atomic E-state index is 0.144. The monoisotopic (exact) mass is 264 g/mol. The second-order valence-corrected chi connectivity index (χ2v) is 5.86. The van der Waals surface area contributed by atoms with E-state index in [9.17, 15) is 4.39 Å². The van der Waals surface area contributed by atoms with Crippen molar-refractivity contribution in [1.29, 1.82) is 0 Å². The van der Waals surface area contributed by atoms with E-state index in [-0.39, 0.29) is 11.9 Å². The fourth-order valence-electron chi connectivity index (χ4n) is 3.25. The third-order valence-corrected chi connectivity index (χ3v) is 4.20. The van der Waals surface area contributed by atoms with Gasteiger partial charge in [-0.1, -0.05) is 26.7 Å².